The lowest BCUT2D eigenvalue weighted by Crippen LogP contribution is -2.34. The second-order valence-electron chi connectivity index (χ2n) is 4.38. The predicted molar refractivity (Wildman–Crippen MR) is 86.0 cm³/mol. The Morgan fingerprint density at radius 2 is 2.28 bits per heavy atom. The minimum absolute atomic E-state index is 0.175. The SMILES string of the molecule is [C-]#[N+]CCCC(C)(C(=O)CBr)c1cccc(I)c1. The second kappa shape index (κ2) is 7.25. The number of hydrogen-bond donors (Lipinski definition) is 0. The van der Waals surface area contributed by atoms with E-state index < -0.39 is 5.41 Å². The molecule has 4 heteroatoms. The third kappa shape index (κ3) is 3.79. The first kappa shape index (κ1) is 15.6. The van der Waals surface area contributed by atoms with E-state index in [4.69, 9.17) is 6.57 Å². The summed E-state index contributed by atoms with van der Waals surface area (Å²) in [6.07, 6.45) is 1.48. The molecular formula is C14H15BrINO. The van der Waals surface area contributed by atoms with Gasteiger partial charge in [-0.2, -0.15) is 0 Å². The van der Waals surface area contributed by atoms with E-state index in [0.717, 1.165) is 22.0 Å². The Hall–Kier alpha value is -0.410. The van der Waals surface area contributed by atoms with Gasteiger partial charge in [-0.25, -0.2) is 6.57 Å². The lowest BCUT2D eigenvalue weighted by Gasteiger charge is -2.27. The number of Topliss-reactive ketones (excluding diaryl/α,β-unsaturated/α-hetero) is 1. The average Bonchev–Trinajstić information content (AvgIpc) is 2.37. The van der Waals surface area contributed by atoms with E-state index in [9.17, 15) is 4.79 Å². The number of benzene rings is 1. The number of alkyl halides is 1. The first-order valence-corrected chi connectivity index (χ1v) is 7.93. The van der Waals surface area contributed by atoms with Crippen molar-refractivity contribution in [3.8, 4) is 0 Å². The summed E-state index contributed by atoms with van der Waals surface area (Å²) in [5.41, 5.74) is 0.555. The van der Waals surface area contributed by atoms with Crippen LogP contribution < -0.4 is 0 Å². The molecule has 2 nitrogen and oxygen atoms in total. The van der Waals surface area contributed by atoms with Gasteiger partial charge in [0, 0.05) is 9.99 Å². The molecule has 1 atom stereocenters. The van der Waals surface area contributed by atoms with Crippen LogP contribution in [0.4, 0.5) is 0 Å². The summed E-state index contributed by atoms with van der Waals surface area (Å²) in [4.78, 5) is 15.6. The Morgan fingerprint density at radius 1 is 1.56 bits per heavy atom. The Labute approximate surface area is 130 Å². The zero-order valence-corrected chi connectivity index (χ0v) is 14.0. The van der Waals surface area contributed by atoms with Crippen molar-refractivity contribution in [3.63, 3.8) is 0 Å². The molecule has 0 aliphatic rings. The Kier molecular flexibility index (Phi) is 6.30. The third-order valence-corrected chi connectivity index (χ3v) is 4.33. The molecule has 18 heavy (non-hydrogen) atoms. The van der Waals surface area contributed by atoms with Crippen LogP contribution in [0.2, 0.25) is 0 Å². The first-order valence-electron chi connectivity index (χ1n) is 5.73. The minimum atomic E-state index is -0.491. The lowest BCUT2D eigenvalue weighted by molar-refractivity contribution is -0.121. The summed E-state index contributed by atoms with van der Waals surface area (Å²) in [5, 5.41) is 0.354. The van der Waals surface area contributed by atoms with Crippen LogP contribution in [-0.4, -0.2) is 17.7 Å². The fourth-order valence-electron chi connectivity index (χ4n) is 1.94. The number of carbonyl (C=O) groups is 1. The van der Waals surface area contributed by atoms with Crippen molar-refractivity contribution < 1.29 is 4.79 Å². The monoisotopic (exact) mass is 419 g/mol. The van der Waals surface area contributed by atoms with E-state index in [1.807, 2.05) is 25.1 Å². The quantitative estimate of drug-likeness (QED) is 0.293. The van der Waals surface area contributed by atoms with Crippen molar-refractivity contribution in [2.75, 3.05) is 11.9 Å². The van der Waals surface area contributed by atoms with Crippen LogP contribution >= 0.6 is 38.5 Å². The predicted octanol–water partition coefficient (Wildman–Crippen LogP) is 4.21. The van der Waals surface area contributed by atoms with Crippen molar-refractivity contribution in [1.82, 2.24) is 0 Å². The van der Waals surface area contributed by atoms with Gasteiger partial charge in [0.25, 0.3) is 0 Å². The van der Waals surface area contributed by atoms with Gasteiger partial charge in [0.2, 0.25) is 6.54 Å². The molecule has 0 fully saturated rings. The van der Waals surface area contributed by atoms with E-state index >= 15 is 0 Å². The molecule has 0 saturated heterocycles. The fraction of sp³-hybridized carbons (Fsp3) is 0.429. The van der Waals surface area contributed by atoms with Crippen LogP contribution in [0.5, 0.6) is 0 Å². The number of halogens is 2. The maximum atomic E-state index is 12.2. The Bertz CT molecular complexity index is 469. The normalized spacial score (nSPS) is 13.7. The van der Waals surface area contributed by atoms with Gasteiger partial charge in [0.1, 0.15) is 0 Å². The van der Waals surface area contributed by atoms with E-state index in [2.05, 4.69) is 49.4 Å². The summed E-state index contributed by atoms with van der Waals surface area (Å²) in [5.74, 6) is 0.175. The van der Waals surface area contributed by atoms with Crippen LogP contribution in [0, 0.1) is 10.1 Å². The smallest absolute Gasteiger partial charge is 0.214 e. The van der Waals surface area contributed by atoms with Gasteiger partial charge in [-0.1, -0.05) is 28.1 Å². The standard InChI is InChI=1S/C14H15BrINO/c1-14(13(18)10-15,7-4-8-17-2)11-5-3-6-12(16)9-11/h3,5-6,9H,4,7-8,10H2,1H3. The maximum absolute atomic E-state index is 12.2. The van der Waals surface area contributed by atoms with Gasteiger partial charge in [0.15, 0.2) is 5.78 Å². The molecule has 0 amide bonds. The number of nitrogens with zero attached hydrogens (tertiary/aromatic N) is 1. The van der Waals surface area contributed by atoms with E-state index in [0.29, 0.717) is 11.9 Å². The lowest BCUT2D eigenvalue weighted by atomic mass is 9.75. The van der Waals surface area contributed by atoms with Gasteiger partial charge in [-0.15, -0.1) is 0 Å². The largest absolute Gasteiger partial charge is 0.317 e. The highest BCUT2D eigenvalue weighted by Gasteiger charge is 2.33. The van der Waals surface area contributed by atoms with Crippen molar-refractivity contribution in [3.05, 3.63) is 44.8 Å². The highest BCUT2D eigenvalue weighted by molar-refractivity contribution is 14.1. The van der Waals surface area contributed by atoms with Gasteiger partial charge < -0.3 is 4.85 Å². The van der Waals surface area contributed by atoms with Crippen LogP contribution in [-0.2, 0) is 10.2 Å². The minimum Gasteiger partial charge on any atom is -0.317 e. The van der Waals surface area contributed by atoms with Gasteiger partial charge in [0.05, 0.1) is 10.7 Å². The molecule has 0 aromatic heterocycles. The number of rotatable bonds is 6. The summed E-state index contributed by atoms with van der Waals surface area (Å²) < 4.78 is 1.13. The highest BCUT2D eigenvalue weighted by Crippen LogP contribution is 2.31. The average molecular weight is 420 g/mol. The summed E-state index contributed by atoms with van der Waals surface area (Å²) in [6.45, 7) is 9.29. The molecule has 1 aromatic rings. The van der Waals surface area contributed by atoms with Crippen molar-refractivity contribution in [2.45, 2.75) is 25.2 Å². The van der Waals surface area contributed by atoms with Crippen LogP contribution in [0.15, 0.2) is 24.3 Å². The summed E-state index contributed by atoms with van der Waals surface area (Å²) >= 11 is 5.52. The third-order valence-electron chi connectivity index (χ3n) is 3.15. The van der Waals surface area contributed by atoms with Gasteiger partial charge >= 0.3 is 0 Å². The molecule has 0 aliphatic heterocycles. The van der Waals surface area contributed by atoms with Crippen molar-refractivity contribution >= 4 is 44.3 Å². The zero-order valence-electron chi connectivity index (χ0n) is 10.2. The van der Waals surface area contributed by atoms with Crippen molar-refractivity contribution in [1.29, 1.82) is 0 Å². The zero-order chi connectivity index (χ0) is 13.6. The molecule has 0 bridgehead atoms. The molecule has 1 aromatic carbocycles. The van der Waals surface area contributed by atoms with Gasteiger partial charge in [-0.3, -0.25) is 4.79 Å². The van der Waals surface area contributed by atoms with E-state index in [1.54, 1.807) is 0 Å². The molecule has 1 unspecified atom stereocenters. The molecule has 0 spiro atoms. The van der Waals surface area contributed by atoms with E-state index in [1.165, 1.54) is 0 Å². The Morgan fingerprint density at radius 3 is 2.83 bits per heavy atom. The summed E-state index contributed by atoms with van der Waals surface area (Å²) in [7, 11) is 0. The fourth-order valence-corrected chi connectivity index (χ4v) is 3.10. The number of hydrogen-bond acceptors (Lipinski definition) is 1. The van der Waals surface area contributed by atoms with Crippen LogP contribution in [0.3, 0.4) is 0 Å². The molecule has 1 rings (SSSR count). The summed E-state index contributed by atoms with van der Waals surface area (Å²) in [6, 6.07) is 8.05. The van der Waals surface area contributed by atoms with Crippen LogP contribution in [0.1, 0.15) is 25.3 Å². The number of carbonyl (C=O) groups excluding carboxylic acids is 1. The first-order chi connectivity index (χ1) is 8.54. The second-order valence-corrected chi connectivity index (χ2v) is 6.19. The molecule has 0 radical (unpaired) electrons. The molecule has 0 saturated carbocycles. The number of ketones is 1. The van der Waals surface area contributed by atoms with Gasteiger partial charge in [-0.05, 0) is 53.6 Å². The maximum Gasteiger partial charge on any atom is 0.214 e. The topological polar surface area (TPSA) is 21.4 Å². The van der Waals surface area contributed by atoms with Crippen molar-refractivity contribution in [2.24, 2.45) is 0 Å². The molecule has 0 aliphatic carbocycles. The molecule has 0 heterocycles. The molecular weight excluding hydrogens is 405 g/mol. The highest BCUT2D eigenvalue weighted by atomic mass is 127. The Balaban J connectivity index is 3.04. The van der Waals surface area contributed by atoms with E-state index in [-0.39, 0.29) is 5.78 Å². The molecule has 96 valence electrons. The molecule has 0 N–H and O–H groups in total. The van der Waals surface area contributed by atoms with Crippen LogP contribution in [0.25, 0.3) is 4.85 Å².